The number of hydrogen-bond donors (Lipinski definition) is 1. The molecule has 0 unspecified atom stereocenters. The van der Waals surface area contributed by atoms with E-state index in [2.05, 4.69) is 5.32 Å². The predicted octanol–water partition coefficient (Wildman–Crippen LogP) is 3.14. The molecule has 150 valence electrons. The largest absolute Gasteiger partial charge is 0.376 e. The predicted molar refractivity (Wildman–Crippen MR) is 109 cm³/mol. The van der Waals surface area contributed by atoms with Gasteiger partial charge in [0.15, 0.2) is 0 Å². The molecule has 28 heavy (non-hydrogen) atoms. The van der Waals surface area contributed by atoms with Crippen molar-refractivity contribution in [3.05, 3.63) is 59.1 Å². The van der Waals surface area contributed by atoms with Crippen molar-refractivity contribution in [3.8, 4) is 0 Å². The zero-order valence-corrected chi connectivity index (χ0v) is 17.2. The second-order valence-electron chi connectivity index (χ2n) is 6.72. The number of sulfonamides is 1. The summed E-state index contributed by atoms with van der Waals surface area (Å²) in [4.78, 5) is 12.6. The normalized spacial score (nSPS) is 16.7. The monoisotopic (exact) mass is 422 g/mol. The van der Waals surface area contributed by atoms with E-state index in [1.165, 1.54) is 12.1 Å². The molecular weight excluding hydrogens is 400 g/mol. The van der Waals surface area contributed by atoms with E-state index < -0.39 is 15.9 Å². The Hall–Kier alpha value is -2.09. The number of ether oxygens (including phenoxy) is 1. The van der Waals surface area contributed by atoms with E-state index >= 15 is 0 Å². The average molecular weight is 423 g/mol. The van der Waals surface area contributed by atoms with Crippen LogP contribution in [0.1, 0.15) is 18.4 Å². The summed E-state index contributed by atoms with van der Waals surface area (Å²) in [6.45, 7) is 2.56. The highest BCUT2D eigenvalue weighted by molar-refractivity contribution is 7.92. The number of amides is 1. The Morgan fingerprint density at radius 3 is 2.57 bits per heavy atom. The fraction of sp³-hybridized carbons (Fsp3) is 0.350. The molecule has 0 aromatic heterocycles. The Morgan fingerprint density at radius 2 is 1.93 bits per heavy atom. The van der Waals surface area contributed by atoms with Crippen LogP contribution in [0.5, 0.6) is 0 Å². The third-order valence-electron chi connectivity index (χ3n) is 4.57. The summed E-state index contributed by atoms with van der Waals surface area (Å²) in [5, 5.41) is 3.02. The highest BCUT2D eigenvalue weighted by Crippen LogP contribution is 2.30. The molecular formula is C20H23ClN2O4S. The van der Waals surface area contributed by atoms with E-state index in [4.69, 9.17) is 16.3 Å². The minimum Gasteiger partial charge on any atom is -0.376 e. The maximum Gasteiger partial charge on any atom is 0.264 e. The quantitative estimate of drug-likeness (QED) is 0.743. The van der Waals surface area contributed by atoms with Crippen molar-refractivity contribution < 1.29 is 17.9 Å². The van der Waals surface area contributed by atoms with Crippen LogP contribution in [0.25, 0.3) is 0 Å². The molecule has 1 N–H and O–H groups in total. The van der Waals surface area contributed by atoms with Gasteiger partial charge >= 0.3 is 0 Å². The Balaban J connectivity index is 1.86. The van der Waals surface area contributed by atoms with Gasteiger partial charge in [-0.25, -0.2) is 8.42 Å². The van der Waals surface area contributed by atoms with E-state index in [0.717, 1.165) is 22.7 Å². The molecule has 1 aliphatic heterocycles. The number of halogens is 1. The van der Waals surface area contributed by atoms with Gasteiger partial charge < -0.3 is 10.1 Å². The molecule has 0 saturated carbocycles. The van der Waals surface area contributed by atoms with Crippen molar-refractivity contribution in [3.63, 3.8) is 0 Å². The summed E-state index contributed by atoms with van der Waals surface area (Å²) in [5.41, 5.74) is 1.20. The van der Waals surface area contributed by atoms with Gasteiger partial charge in [-0.05, 0) is 44.0 Å². The van der Waals surface area contributed by atoms with Crippen LogP contribution in [0.4, 0.5) is 5.69 Å². The third kappa shape index (κ3) is 4.84. The molecule has 1 amide bonds. The van der Waals surface area contributed by atoms with Crippen molar-refractivity contribution in [2.75, 3.05) is 24.0 Å². The second kappa shape index (κ2) is 8.94. The van der Waals surface area contributed by atoms with E-state index in [9.17, 15) is 13.2 Å². The summed E-state index contributed by atoms with van der Waals surface area (Å²) in [6.07, 6.45) is 1.83. The minimum atomic E-state index is -3.97. The van der Waals surface area contributed by atoms with Gasteiger partial charge in [0.05, 0.1) is 21.7 Å². The van der Waals surface area contributed by atoms with Crippen molar-refractivity contribution >= 4 is 33.2 Å². The SMILES string of the molecule is Cc1ccc(S(=O)(=O)N(CC(=O)NC[C@@H]2CCCO2)c2ccccc2Cl)cc1. The Kier molecular flexibility index (Phi) is 6.59. The van der Waals surface area contributed by atoms with Crippen molar-refractivity contribution in [2.45, 2.75) is 30.8 Å². The van der Waals surface area contributed by atoms with E-state index in [0.29, 0.717) is 13.2 Å². The van der Waals surface area contributed by atoms with Gasteiger partial charge in [-0.15, -0.1) is 0 Å². The molecule has 0 spiro atoms. The number of hydrogen-bond acceptors (Lipinski definition) is 4. The first-order chi connectivity index (χ1) is 13.4. The lowest BCUT2D eigenvalue weighted by Crippen LogP contribution is -2.43. The molecule has 1 aliphatic rings. The zero-order valence-electron chi connectivity index (χ0n) is 15.6. The van der Waals surface area contributed by atoms with Crippen molar-refractivity contribution in [1.82, 2.24) is 5.32 Å². The van der Waals surface area contributed by atoms with Gasteiger partial charge in [-0.3, -0.25) is 9.10 Å². The molecule has 1 heterocycles. The second-order valence-corrected chi connectivity index (χ2v) is 8.98. The van der Waals surface area contributed by atoms with E-state index in [1.807, 2.05) is 6.92 Å². The molecule has 3 rings (SSSR count). The van der Waals surface area contributed by atoms with Crippen LogP contribution in [0, 0.1) is 6.92 Å². The number of nitrogens with one attached hydrogen (secondary N) is 1. The summed E-state index contributed by atoms with van der Waals surface area (Å²) in [6, 6.07) is 13.1. The molecule has 1 fully saturated rings. The number of aryl methyl sites for hydroxylation is 1. The Labute approximate surface area is 170 Å². The van der Waals surface area contributed by atoms with Crippen LogP contribution in [0.2, 0.25) is 5.02 Å². The average Bonchev–Trinajstić information content (AvgIpc) is 3.19. The minimum absolute atomic E-state index is 0.0218. The first-order valence-electron chi connectivity index (χ1n) is 9.10. The topological polar surface area (TPSA) is 75.7 Å². The fourth-order valence-electron chi connectivity index (χ4n) is 3.01. The maximum absolute atomic E-state index is 13.3. The first kappa shape index (κ1) is 20.6. The number of benzene rings is 2. The number of anilines is 1. The van der Waals surface area contributed by atoms with Gasteiger partial charge in [0, 0.05) is 13.2 Å². The zero-order chi connectivity index (χ0) is 20.1. The molecule has 0 aliphatic carbocycles. The van der Waals surface area contributed by atoms with Gasteiger partial charge in [-0.2, -0.15) is 0 Å². The fourth-order valence-corrected chi connectivity index (χ4v) is 4.74. The molecule has 0 bridgehead atoms. The Morgan fingerprint density at radius 1 is 1.21 bits per heavy atom. The van der Waals surface area contributed by atoms with Crippen LogP contribution in [-0.4, -0.2) is 40.1 Å². The molecule has 2 aromatic carbocycles. The molecule has 1 saturated heterocycles. The number of carbonyl (C=O) groups is 1. The lowest BCUT2D eigenvalue weighted by Gasteiger charge is -2.25. The standard InChI is InChI=1S/C20H23ClN2O4S/c1-15-8-10-17(11-9-15)28(25,26)23(19-7-3-2-6-18(19)21)14-20(24)22-13-16-5-4-12-27-16/h2-3,6-11,16H,4-5,12-14H2,1H3,(H,22,24)/t16-/m0/s1. The number of carbonyl (C=O) groups excluding carboxylic acids is 1. The van der Waals surface area contributed by atoms with Crippen LogP contribution in [0.3, 0.4) is 0 Å². The third-order valence-corrected chi connectivity index (χ3v) is 6.66. The molecule has 2 aromatic rings. The van der Waals surface area contributed by atoms with Crippen LogP contribution < -0.4 is 9.62 Å². The smallest absolute Gasteiger partial charge is 0.264 e. The van der Waals surface area contributed by atoms with E-state index in [-0.39, 0.29) is 28.3 Å². The molecule has 0 radical (unpaired) electrons. The maximum atomic E-state index is 13.3. The van der Waals surface area contributed by atoms with Gasteiger partial charge in [0.2, 0.25) is 5.91 Å². The molecule has 8 heteroatoms. The number of rotatable bonds is 7. The van der Waals surface area contributed by atoms with Gasteiger partial charge in [0.25, 0.3) is 10.0 Å². The van der Waals surface area contributed by atoms with Crippen molar-refractivity contribution in [2.24, 2.45) is 0 Å². The van der Waals surface area contributed by atoms with Gasteiger partial charge in [-0.1, -0.05) is 41.4 Å². The molecule has 6 nitrogen and oxygen atoms in total. The molecule has 1 atom stereocenters. The van der Waals surface area contributed by atoms with E-state index in [1.54, 1.807) is 36.4 Å². The van der Waals surface area contributed by atoms with Crippen LogP contribution >= 0.6 is 11.6 Å². The summed E-state index contributed by atoms with van der Waals surface area (Å²) < 4.78 is 33.0. The number of nitrogens with zero attached hydrogens (tertiary/aromatic N) is 1. The summed E-state index contributed by atoms with van der Waals surface area (Å²) in [5.74, 6) is -0.411. The van der Waals surface area contributed by atoms with Crippen LogP contribution in [0.15, 0.2) is 53.4 Å². The lowest BCUT2D eigenvalue weighted by atomic mass is 10.2. The number of para-hydroxylation sites is 1. The summed E-state index contributed by atoms with van der Waals surface area (Å²) >= 11 is 6.24. The highest BCUT2D eigenvalue weighted by Gasteiger charge is 2.29. The van der Waals surface area contributed by atoms with Crippen LogP contribution in [-0.2, 0) is 19.6 Å². The Bertz CT molecular complexity index is 925. The highest BCUT2D eigenvalue weighted by atomic mass is 35.5. The van der Waals surface area contributed by atoms with Crippen molar-refractivity contribution in [1.29, 1.82) is 0 Å². The van der Waals surface area contributed by atoms with Gasteiger partial charge in [0.1, 0.15) is 6.54 Å². The lowest BCUT2D eigenvalue weighted by molar-refractivity contribution is -0.120. The summed E-state index contributed by atoms with van der Waals surface area (Å²) in [7, 11) is -3.97. The first-order valence-corrected chi connectivity index (χ1v) is 10.9.